The second kappa shape index (κ2) is 7.52. The van der Waals surface area contributed by atoms with E-state index in [0.717, 1.165) is 21.2 Å². The van der Waals surface area contributed by atoms with E-state index in [1.165, 1.54) is 0 Å². The summed E-state index contributed by atoms with van der Waals surface area (Å²) in [5, 5.41) is 11.5. The monoisotopic (exact) mass is 467 g/mol. The lowest BCUT2D eigenvalue weighted by atomic mass is 9.89. The molecule has 0 fully saturated rings. The first-order chi connectivity index (χ1) is 14.2. The minimum Gasteiger partial charge on any atom is -0.458 e. The maximum Gasteiger partial charge on any atom is 0.264 e. The summed E-state index contributed by atoms with van der Waals surface area (Å²) < 4.78 is 6.13. The Balaban J connectivity index is 1.74. The lowest BCUT2D eigenvalue weighted by Crippen LogP contribution is -2.41. The van der Waals surface area contributed by atoms with E-state index < -0.39 is 17.3 Å². The molecule has 0 saturated heterocycles. The number of carbonyl (C=O) groups is 2. The first kappa shape index (κ1) is 20.6. The molecule has 1 amide bonds. The number of aliphatic hydroxyl groups is 1. The third kappa shape index (κ3) is 3.50. The van der Waals surface area contributed by atoms with Crippen LogP contribution in [0, 0.1) is 20.8 Å². The number of halogens is 1. The van der Waals surface area contributed by atoms with Crippen molar-refractivity contribution in [2.45, 2.75) is 39.3 Å². The van der Waals surface area contributed by atoms with Crippen molar-refractivity contribution in [1.82, 2.24) is 0 Å². The number of ketones is 1. The van der Waals surface area contributed by atoms with Crippen LogP contribution in [0.2, 0.25) is 0 Å². The highest BCUT2D eigenvalue weighted by atomic mass is 79.9. The molecular weight excluding hydrogens is 446 g/mol. The van der Waals surface area contributed by atoms with Gasteiger partial charge < -0.3 is 14.4 Å². The number of amides is 1. The van der Waals surface area contributed by atoms with Gasteiger partial charge in [0.1, 0.15) is 5.76 Å². The zero-order chi connectivity index (χ0) is 21.6. The molecule has 0 saturated carbocycles. The average Bonchev–Trinajstić information content (AvgIpc) is 3.21. The number of carbonyl (C=O) groups excluding carboxylic acids is 2. The number of nitrogens with zero attached hydrogens (tertiary/aromatic N) is 1. The minimum absolute atomic E-state index is 0.137. The minimum atomic E-state index is -1.95. The fraction of sp³-hybridized carbons (Fsp3) is 0.250. The third-order valence-electron chi connectivity index (χ3n) is 5.56. The van der Waals surface area contributed by atoms with Crippen molar-refractivity contribution < 1.29 is 19.1 Å². The molecule has 4 rings (SSSR count). The summed E-state index contributed by atoms with van der Waals surface area (Å²) in [4.78, 5) is 27.8. The Morgan fingerprint density at radius 1 is 1.10 bits per heavy atom. The molecule has 30 heavy (non-hydrogen) atoms. The Hall–Kier alpha value is -2.70. The van der Waals surface area contributed by atoms with Gasteiger partial charge in [-0.1, -0.05) is 39.7 Å². The van der Waals surface area contributed by atoms with Crippen LogP contribution in [-0.4, -0.2) is 16.8 Å². The lowest BCUT2D eigenvalue weighted by molar-refractivity contribution is -0.136. The summed E-state index contributed by atoms with van der Waals surface area (Å²) in [6.07, 6.45) is -0.383. The van der Waals surface area contributed by atoms with Gasteiger partial charge in [-0.2, -0.15) is 0 Å². The van der Waals surface area contributed by atoms with Gasteiger partial charge in [0.15, 0.2) is 11.4 Å². The SMILES string of the molecule is Cc1ccc(C)c(CN2C(=O)[C@](O)(CC(=O)c3ccc(C)o3)c3cc(Br)ccc32)c1. The Morgan fingerprint density at radius 3 is 2.57 bits per heavy atom. The molecule has 0 spiro atoms. The van der Waals surface area contributed by atoms with E-state index in [1.807, 2.05) is 38.1 Å². The van der Waals surface area contributed by atoms with Crippen LogP contribution in [0.1, 0.15) is 45.0 Å². The fourth-order valence-corrected chi connectivity index (χ4v) is 4.26. The molecule has 3 aromatic rings. The van der Waals surface area contributed by atoms with E-state index in [-0.39, 0.29) is 12.2 Å². The van der Waals surface area contributed by atoms with Crippen molar-refractivity contribution in [2.24, 2.45) is 0 Å². The molecule has 5 nitrogen and oxygen atoms in total. The quantitative estimate of drug-likeness (QED) is 0.537. The molecule has 154 valence electrons. The van der Waals surface area contributed by atoms with Gasteiger partial charge in [-0.05, 0) is 62.2 Å². The van der Waals surface area contributed by atoms with Gasteiger partial charge in [0.05, 0.1) is 18.7 Å². The molecule has 2 heterocycles. The number of hydrogen-bond acceptors (Lipinski definition) is 4. The smallest absolute Gasteiger partial charge is 0.264 e. The van der Waals surface area contributed by atoms with Gasteiger partial charge >= 0.3 is 0 Å². The number of anilines is 1. The van der Waals surface area contributed by atoms with Crippen molar-refractivity contribution in [1.29, 1.82) is 0 Å². The Kier molecular flexibility index (Phi) is 5.16. The van der Waals surface area contributed by atoms with E-state index in [0.29, 0.717) is 23.6 Å². The topological polar surface area (TPSA) is 70.8 Å². The molecule has 1 aliphatic rings. The highest BCUT2D eigenvalue weighted by Crippen LogP contribution is 2.45. The maximum absolute atomic E-state index is 13.4. The van der Waals surface area contributed by atoms with E-state index in [4.69, 9.17) is 4.42 Å². The first-order valence-corrected chi connectivity index (χ1v) is 10.5. The Morgan fingerprint density at radius 2 is 1.87 bits per heavy atom. The zero-order valence-corrected chi connectivity index (χ0v) is 18.6. The van der Waals surface area contributed by atoms with E-state index in [2.05, 4.69) is 15.9 Å². The maximum atomic E-state index is 13.4. The van der Waals surface area contributed by atoms with Crippen molar-refractivity contribution in [3.05, 3.63) is 86.8 Å². The van der Waals surface area contributed by atoms with Gasteiger partial charge in [0.2, 0.25) is 5.78 Å². The molecule has 2 aromatic carbocycles. The molecule has 1 aliphatic heterocycles. The Labute approximate surface area is 183 Å². The number of furan rings is 1. The summed E-state index contributed by atoms with van der Waals surface area (Å²) in [5.74, 6) is -0.187. The van der Waals surface area contributed by atoms with Crippen molar-refractivity contribution in [3.8, 4) is 0 Å². The summed E-state index contributed by atoms with van der Waals surface area (Å²) in [6, 6.07) is 14.7. The Bertz CT molecular complexity index is 1170. The van der Waals surface area contributed by atoms with Gasteiger partial charge in [0, 0.05) is 10.0 Å². The summed E-state index contributed by atoms with van der Waals surface area (Å²) in [7, 11) is 0. The van der Waals surface area contributed by atoms with Crippen molar-refractivity contribution in [3.63, 3.8) is 0 Å². The van der Waals surface area contributed by atoms with Crippen LogP contribution in [-0.2, 0) is 16.9 Å². The standard InChI is InChI=1S/C24H22BrNO4/c1-14-4-5-15(2)17(10-14)13-26-20-8-7-18(25)11-19(20)24(29,23(26)28)12-21(27)22-9-6-16(3)30-22/h4-11,29H,12-13H2,1-3H3/t24-/m0/s1. The van der Waals surface area contributed by atoms with Crippen molar-refractivity contribution in [2.75, 3.05) is 4.90 Å². The second-order valence-corrected chi connectivity index (χ2v) is 8.77. The third-order valence-corrected chi connectivity index (χ3v) is 6.05. The number of rotatable bonds is 5. The van der Waals surface area contributed by atoms with Crippen LogP contribution in [0.4, 0.5) is 5.69 Å². The van der Waals surface area contributed by atoms with Crippen LogP contribution in [0.25, 0.3) is 0 Å². The van der Waals surface area contributed by atoms with Gasteiger partial charge in [-0.3, -0.25) is 9.59 Å². The van der Waals surface area contributed by atoms with Gasteiger partial charge in [-0.25, -0.2) is 0 Å². The predicted octanol–water partition coefficient (Wildman–Crippen LogP) is 4.97. The van der Waals surface area contributed by atoms with E-state index >= 15 is 0 Å². The lowest BCUT2D eigenvalue weighted by Gasteiger charge is -2.23. The first-order valence-electron chi connectivity index (χ1n) is 9.69. The number of benzene rings is 2. The molecule has 0 aliphatic carbocycles. The van der Waals surface area contributed by atoms with E-state index in [9.17, 15) is 14.7 Å². The molecule has 1 atom stereocenters. The van der Waals surface area contributed by atoms with Crippen molar-refractivity contribution >= 4 is 33.3 Å². The highest BCUT2D eigenvalue weighted by Gasteiger charge is 2.51. The highest BCUT2D eigenvalue weighted by molar-refractivity contribution is 9.10. The molecule has 0 unspecified atom stereocenters. The van der Waals surface area contributed by atoms with Crippen LogP contribution < -0.4 is 4.90 Å². The molecule has 1 aromatic heterocycles. The predicted molar refractivity (Wildman–Crippen MR) is 118 cm³/mol. The average molecular weight is 468 g/mol. The normalized spacial score (nSPS) is 18.0. The molecule has 0 radical (unpaired) electrons. The summed E-state index contributed by atoms with van der Waals surface area (Å²) >= 11 is 3.41. The van der Waals surface area contributed by atoms with Crippen LogP contribution in [0.5, 0.6) is 0 Å². The van der Waals surface area contributed by atoms with E-state index in [1.54, 1.807) is 36.1 Å². The summed E-state index contributed by atoms with van der Waals surface area (Å²) in [6.45, 7) is 6.05. The number of Topliss-reactive ketones (excluding diaryl/α,β-unsaturated/α-hetero) is 1. The molecule has 6 heteroatoms. The number of aryl methyl sites for hydroxylation is 3. The summed E-state index contributed by atoms with van der Waals surface area (Å²) in [5.41, 5.74) is 2.23. The number of fused-ring (bicyclic) bond motifs is 1. The second-order valence-electron chi connectivity index (χ2n) is 7.85. The van der Waals surface area contributed by atoms with Crippen LogP contribution >= 0.6 is 15.9 Å². The zero-order valence-electron chi connectivity index (χ0n) is 17.0. The largest absolute Gasteiger partial charge is 0.458 e. The molecular formula is C24H22BrNO4. The number of hydrogen-bond donors (Lipinski definition) is 1. The fourth-order valence-electron chi connectivity index (χ4n) is 3.90. The van der Waals surface area contributed by atoms with Gasteiger partial charge in [0.25, 0.3) is 5.91 Å². The molecule has 0 bridgehead atoms. The van der Waals surface area contributed by atoms with Gasteiger partial charge in [-0.15, -0.1) is 0 Å². The molecule has 1 N–H and O–H groups in total. The van der Waals surface area contributed by atoms with Crippen LogP contribution in [0.15, 0.2) is 57.4 Å². The van der Waals surface area contributed by atoms with Crippen LogP contribution in [0.3, 0.4) is 0 Å².